The molecule has 0 N–H and O–H groups in total. The fraction of sp³-hybridized carbons (Fsp3) is 0.662. The van der Waals surface area contributed by atoms with Crippen molar-refractivity contribution < 1.29 is 65.4 Å². The number of nitrogens with zero attached hydrogens (tertiary/aromatic N) is 12. The third kappa shape index (κ3) is 15.1. The first-order valence-corrected chi connectivity index (χ1v) is 40.0. The minimum Gasteiger partial charge on any atom is -0.467 e. The van der Waals surface area contributed by atoms with Crippen LogP contribution in [0.2, 0.25) is 16.6 Å². The maximum atomic E-state index is 16.2. The van der Waals surface area contributed by atoms with Gasteiger partial charge in [0, 0.05) is 70.7 Å². The Morgan fingerprint density at radius 1 is 0.673 bits per heavy atom. The van der Waals surface area contributed by atoms with Crippen molar-refractivity contribution in [2.45, 2.75) is 197 Å². The van der Waals surface area contributed by atoms with Gasteiger partial charge in [0.05, 0.1) is 67.2 Å². The minimum atomic E-state index is -2.26. The van der Waals surface area contributed by atoms with Gasteiger partial charge in [-0.3, -0.25) is 19.6 Å². The Morgan fingerprint density at radius 3 is 1.63 bits per heavy atom. The molecule has 8 aliphatic rings. The van der Waals surface area contributed by atoms with E-state index in [0.717, 1.165) is 43.6 Å². The summed E-state index contributed by atoms with van der Waals surface area (Å²) in [5.41, 5.74) is 4.23. The molecule has 12 heterocycles. The molecule has 548 valence electrons. The highest BCUT2D eigenvalue weighted by Gasteiger charge is 2.52. The molecule has 0 aliphatic carbocycles. The topological polar surface area (TPSA) is 214 Å². The van der Waals surface area contributed by atoms with Gasteiger partial charge < -0.3 is 52.4 Å². The van der Waals surface area contributed by atoms with Gasteiger partial charge in [-0.1, -0.05) is 76.2 Å². The van der Waals surface area contributed by atoms with Crippen LogP contribution in [0.25, 0.3) is 31.5 Å². The van der Waals surface area contributed by atoms with E-state index in [9.17, 15) is 18.4 Å². The van der Waals surface area contributed by atoms with Gasteiger partial charge in [-0.15, -0.1) is 5.54 Å². The molecule has 6 aromatic rings. The lowest BCUT2D eigenvalue weighted by atomic mass is 9.95. The number of anilines is 2. The van der Waals surface area contributed by atoms with E-state index in [2.05, 4.69) is 98.5 Å². The normalized spacial score (nSPS) is 25.4. The molecule has 4 unspecified atom stereocenters. The van der Waals surface area contributed by atoms with E-state index >= 15 is 4.39 Å². The van der Waals surface area contributed by atoms with Gasteiger partial charge in [0.15, 0.2) is 32.0 Å². The van der Waals surface area contributed by atoms with Crippen LogP contribution >= 0.6 is 38.6 Å². The summed E-state index contributed by atoms with van der Waals surface area (Å²) in [6.07, 6.45) is 2.25. The van der Waals surface area contributed by atoms with Crippen molar-refractivity contribution in [2.75, 3.05) is 116 Å². The summed E-state index contributed by atoms with van der Waals surface area (Å²) in [6.45, 7) is 31.1. The standard InChI is InChI=1S/C47H62F2N6O7SSi.C24H32BrFN6O4S/c1-28(2)64(29(3)4,30(5)6)17-14-36-37(49)13-12-31-18-35(60-27-57-10)19-38(39(31)36)61-44-50-40-41(53-22-33-24-58-25-34(23-53)55(33)45(56)62-46(7,8)9)51-43(52-42(40)63-44)59-26-47-15-11-16-54(47)21-32(48)20-47;1-23(2,3)36-22(33)32-15-9-30(10-16(32)12-34-11-15)18-17-19(37-20(25)27-17)29-21(28-18)35-13-24-5-4-6-31(24)8-14(26)7-24/h12-13,18-19,28-30,32-34H,11,15-16,20-27H2,1-10H3;14-16H,4-13H2,1-3H3/t32-,33?,34?,47+;14-,15?,16?,24+/m11/s1. The average Bonchev–Trinajstić information content (AvgIpc) is 1.75. The first kappa shape index (κ1) is 73.2. The molecule has 0 radical (unpaired) electrons. The largest absolute Gasteiger partial charge is 0.467 e. The van der Waals surface area contributed by atoms with E-state index in [-0.39, 0.29) is 78.1 Å². The molecule has 4 bridgehead atoms. The van der Waals surface area contributed by atoms with E-state index in [1.54, 1.807) is 24.1 Å². The number of thiazole rings is 2. The molecular formula is C71H94BrF3N12O11S2Si. The van der Waals surface area contributed by atoms with Gasteiger partial charge in [-0.25, -0.2) is 27.7 Å². The first-order valence-electron chi connectivity index (χ1n) is 35.3. The zero-order valence-electron chi connectivity index (χ0n) is 60.0. The Bertz CT molecular complexity index is 4070. The van der Waals surface area contributed by atoms with E-state index in [1.165, 1.54) is 28.7 Å². The lowest BCUT2D eigenvalue weighted by Gasteiger charge is -2.49. The summed E-state index contributed by atoms with van der Waals surface area (Å²) < 4.78 is 99.8. The molecule has 30 heteroatoms. The maximum Gasteiger partial charge on any atom is 0.411 e. The van der Waals surface area contributed by atoms with Crippen molar-refractivity contribution in [1.29, 1.82) is 0 Å². The van der Waals surface area contributed by atoms with E-state index in [4.69, 9.17) is 62.6 Å². The summed E-state index contributed by atoms with van der Waals surface area (Å²) in [5.74, 6) is 4.88. The third-order valence-electron chi connectivity index (χ3n) is 21.0. The number of alkyl halides is 2. The predicted molar refractivity (Wildman–Crippen MR) is 387 cm³/mol. The number of carbonyl (C=O) groups is 2. The van der Waals surface area contributed by atoms with E-state index < -0.39 is 43.0 Å². The number of piperazine rings is 2. The lowest BCUT2D eigenvalue weighted by Crippen LogP contribution is -2.66. The van der Waals surface area contributed by atoms with Crippen LogP contribution in [0.1, 0.15) is 127 Å². The van der Waals surface area contributed by atoms with E-state index in [0.29, 0.717) is 155 Å². The first-order chi connectivity index (χ1) is 48.0. The van der Waals surface area contributed by atoms with Gasteiger partial charge in [-0.2, -0.15) is 24.9 Å². The minimum absolute atomic E-state index is 0.00774. The summed E-state index contributed by atoms with van der Waals surface area (Å²) >= 11 is 6.12. The molecule has 101 heavy (non-hydrogen) atoms. The Kier molecular flexibility index (Phi) is 21.0. The second-order valence-corrected chi connectivity index (χ2v) is 39.9. The number of halogens is 4. The Labute approximate surface area is 605 Å². The maximum absolute atomic E-state index is 16.2. The molecular weight excluding hydrogens is 1430 g/mol. The smallest absolute Gasteiger partial charge is 0.411 e. The molecule has 8 saturated heterocycles. The molecule has 14 rings (SSSR count). The number of fused-ring (bicyclic) bond motifs is 9. The van der Waals surface area contributed by atoms with Crippen LogP contribution in [0.5, 0.6) is 28.7 Å². The van der Waals surface area contributed by atoms with E-state index in [1.807, 2.05) is 52.5 Å². The van der Waals surface area contributed by atoms with Crippen molar-refractivity contribution in [2.24, 2.45) is 0 Å². The number of morpholine rings is 2. The summed E-state index contributed by atoms with van der Waals surface area (Å²) in [6, 6.07) is 6.09. The molecule has 8 aliphatic heterocycles. The third-order valence-corrected chi connectivity index (χ3v) is 29.5. The fourth-order valence-electron chi connectivity index (χ4n) is 16.8. The number of rotatable bonds is 16. The van der Waals surface area contributed by atoms with Gasteiger partial charge in [0.25, 0.3) is 5.19 Å². The molecule has 4 aromatic heterocycles. The van der Waals surface area contributed by atoms with Gasteiger partial charge >= 0.3 is 24.2 Å². The number of benzene rings is 2. The monoisotopic (exact) mass is 1520 g/mol. The number of ether oxygens (including phenoxy) is 9. The highest BCUT2D eigenvalue weighted by atomic mass is 79.9. The van der Waals surface area contributed by atoms with Crippen molar-refractivity contribution >= 4 is 102 Å². The number of hydrogen-bond donors (Lipinski definition) is 0. The van der Waals surface area contributed by atoms with Crippen molar-refractivity contribution in [1.82, 2.24) is 49.5 Å². The predicted octanol–water partition coefficient (Wildman–Crippen LogP) is 13.1. The summed E-state index contributed by atoms with van der Waals surface area (Å²) in [5, 5.41) is 1.41. The van der Waals surface area contributed by atoms with Crippen LogP contribution in [0.4, 0.5) is 34.4 Å². The van der Waals surface area contributed by atoms with Crippen LogP contribution in [0.3, 0.4) is 0 Å². The number of aromatic nitrogens is 6. The Morgan fingerprint density at radius 2 is 1.16 bits per heavy atom. The van der Waals surface area contributed by atoms with Gasteiger partial charge in [0.2, 0.25) is 0 Å². The van der Waals surface area contributed by atoms with Crippen molar-refractivity contribution in [3.63, 3.8) is 0 Å². The SMILES string of the molecule is CC(C)(C)OC(=O)N1C2COCC1CN(c1nc(OC[C@@]34CCCN3C[C@H](F)C4)nc3sc(Br)nc13)C2.COCOc1cc(Oc2nc3c(N4CC5COCC(C4)N5C(=O)OC(C)(C)C)nc(OC[C@@]45CCCN4C[C@H](F)C5)nc3s2)c2c(C#C[Si](C(C)C)(C(C)C)C(C)C)c(F)ccc2c1. The highest BCUT2D eigenvalue weighted by molar-refractivity contribution is 9.11. The number of amides is 2. The Balaban J connectivity index is 0.000000208. The number of methoxy groups -OCH3 is 1. The zero-order valence-corrected chi connectivity index (χ0v) is 64.3. The second kappa shape index (κ2) is 29.0. The molecule has 2 amide bonds. The lowest BCUT2D eigenvalue weighted by molar-refractivity contribution is -0.0668. The van der Waals surface area contributed by atoms with Crippen LogP contribution in [-0.2, 0) is 23.7 Å². The van der Waals surface area contributed by atoms with Gasteiger partial charge in [0.1, 0.15) is 73.2 Å². The van der Waals surface area contributed by atoms with Crippen LogP contribution in [0.15, 0.2) is 28.2 Å². The summed E-state index contributed by atoms with van der Waals surface area (Å²) in [7, 11) is -0.716. The number of hydrogen-bond acceptors (Lipinski definition) is 23. The zero-order chi connectivity index (χ0) is 71.7. The van der Waals surface area contributed by atoms with Gasteiger partial charge in [-0.05, 0) is 130 Å². The molecule has 23 nitrogen and oxygen atoms in total. The molecule has 8 fully saturated rings. The van der Waals surface area contributed by atoms with Crippen LogP contribution < -0.4 is 28.7 Å². The average molecular weight is 1520 g/mol. The molecule has 2 aromatic carbocycles. The quantitative estimate of drug-likeness (QED) is 0.0500. The highest BCUT2D eigenvalue weighted by Crippen LogP contribution is 2.47. The number of carbonyl (C=O) groups excluding carboxylic acids is 2. The van der Waals surface area contributed by atoms with Crippen LogP contribution in [-0.4, -0.2) is 234 Å². The second-order valence-electron chi connectivity index (χ2n) is 31.2. The van der Waals surface area contributed by atoms with Crippen molar-refractivity contribution in [3.8, 4) is 40.2 Å². The Hall–Kier alpha value is -6.17. The molecule has 0 spiro atoms. The van der Waals surface area contributed by atoms with Crippen LogP contribution in [0, 0.1) is 17.3 Å². The summed E-state index contributed by atoms with van der Waals surface area (Å²) in [4.78, 5) is 69.0. The fourth-order valence-corrected chi connectivity index (χ4v) is 24.1. The molecule has 8 atom stereocenters. The van der Waals surface area contributed by atoms with Crippen molar-refractivity contribution in [3.05, 3.63) is 39.6 Å². The molecule has 0 saturated carbocycles.